The van der Waals surface area contributed by atoms with Gasteiger partial charge in [0, 0.05) is 22.9 Å². The number of anilines is 3. The Hall–Kier alpha value is -5.42. The fourth-order valence-electron chi connectivity index (χ4n) is 7.21. The number of benzene rings is 6. The molecule has 5 heteroatoms. The highest BCUT2D eigenvalue weighted by molar-refractivity contribution is 6.98. The van der Waals surface area contributed by atoms with Gasteiger partial charge in [0.05, 0.1) is 28.1 Å². The smallest absolute Gasteiger partial charge is 0.247 e. The second kappa shape index (κ2) is 7.61. The largest absolute Gasteiger partial charge is 0.453 e. The topological polar surface area (TPSA) is 26.6 Å². The highest BCUT2D eigenvalue weighted by Gasteiger charge is 2.45. The molecule has 41 heavy (non-hydrogen) atoms. The number of ether oxygens (including phenoxy) is 2. The van der Waals surface area contributed by atoms with Crippen molar-refractivity contribution >= 4 is 62.0 Å². The molecule has 0 saturated heterocycles. The van der Waals surface area contributed by atoms with Crippen molar-refractivity contribution in [2.24, 2.45) is 0 Å². The van der Waals surface area contributed by atoms with Gasteiger partial charge in [-0.1, -0.05) is 96.5 Å². The predicted molar refractivity (Wildman–Crippen MR) is 167 cm³/mol. The van der Waals surface area contributed by atoms with Crippen molar-refractivity contribution in [3.05, 3.63) is 127 Å². The van der Waals surface area contributed by atoms with Crippen molar-refractivity contribution in [3.8, 4) is 28.7 Å². The molecule has 7 aromatic rings. The quantitative estimate of drug-likeness (QED) is 0.222. The van der Waals surface area contributed by atoms with Gasteiger partial charge in [0.2, 0.25) is 6.71 Å². The summed E-state index contributed by atoms with van der Waals surface area (Å²) < 4.78 is 15.8. The molecule has 0 amide bonds. The summed E-state index contributed by atoms with van der Waals surface area (Å²) in [5.41, 5.74) is 10.2. The Bertz CT molecular complexity index is 2110. The molecular formula is C36H21BN2O2. The van der Waals surface area contributed by atoms with Gasteiger partial charge >= 0.3 is 0 Å². The zero-order valence-corrected chi connectivity index (χ0v) is 21.9. The van der Waals surface area contributed by atoms with E-state index < -0.39 is 0 Å². The van der Waals surface area contributed by atoms with Crippen LogP contribution in [0.25, 0.3) is 27.5 Å². The predicted octanol–water partition coefficient (Wildman–Crippen LogP) is 7.29. The van der Waals surface area contributed by atoms with Crippen LogP contribution in [-0.2, 0) is 0 Å². The lowest BCUT2D eigenvalue weighted by atomic mass is 9.35. The molecule has 0 unspecified atom stereocenters. The molecule has 0 N–H and O–H groups in total. The molecule has 190 valence electrons. The van der Waals surface area contributed by atoms with Crippen molar-refractivity contribution in [1.29, 1.82) is 0 Å². The minimum atomic E-state index is 0.0875. The molecule has 0 atom stereocenters. The van der Waals surface area contributed by atoms with E-state index in [1.54, 1.807) is 0 Å². The van der Waals surface area contributed by atoms with Gasteiger partial charge in [-0.2, -0.15) is 0 Å². The Labute approximate surface area is 236 Å². The first kappa shape index (κ1) is 21.4. The molecule has 0 fully saturated rings. The Balaban J connectivity index is 1.26. The van der Waals surface area contributed by atoms with Gasteiger partial charge in [0.1, 0.15) is 5.69 Å². The fraction of sp³-hybridized carbons (Fsp3) is 0. The zero-order valence-electron chi connectivity index (χ0n) is 21.9. The molecule has 0 bridgehead atoms. The average molecular weight is 524 g/mol. The standard InChI is InChI=1S/C36H21BN2O2/c1-2-10-22(11-3-1)37-26-14-8-18-30-34(26)39-35-27(37)15-9-19-31(35)41-33-21-23(20-32(40-30)36(33)39)38-28-16-6-4-12-24(28)25-13-5-7-17-29(25)38/h1-21H. The van der Waals surface area contributed by atoms with Crippen molar-refractivity contribution in [1.82, 2.24) is 4.57 Å². The van der Waals surface area contributed by atoms with Crippen molar-refractivity contribution in [2.75, 3.05) is 4.90 Å². The molecule has 0 spiro atoms. The fourth-order valence-corrected chi connectivity index (χ4v) is 7.21. The van der Waals surface area contributed by atoms with Gasteiger partial charge in [-0.25, -0.2) is 0 Å². The van der Waals surface area contributed by atoms with E-state index in [9.17, 15) is 0 Å². The number of hydrogen-bond acceptors (Lipinski definition) is 3. The van der Waals surface area contributed by atoms with Crippen LogP contribution in [0.2, 0.25) is 0 Å². The minimum Gasteiger partial charge on any atom is -0.453 e. The van der Waals surface area contributed by atoms with Gasteiger partial charge in [-0.15, -0.1) is 0 Å². The van der Waals surface area contributed by atoms with E-state index in [0.29, 0.717) is 0 Å². The first-order valence-corrected chi connectivity index (χ1v) is 14.0. The van der Waals surface area contributed by atoms with Crippen LogP contribution in [0.5, 0.6) is 23.0 Å². The summed E-state index contributed by atoms with van der Waals surface area (Å²) in [6.45, 7) is 0.0875. The van der Waals surface area contributed by atoms with Crippen LogP contribution in [0, 0.1) is 0 Å². The van der Waals surface area contributed by atoms with E-state index in [4.69, 9.17) is 9.47 Å². The summed E-state index contributed by atoms with van der Waals surface area (Å²) in [6.07, 6.45) is 0. The maximum Gasteiger partial charge on any atom is 0.247 e. The van der Waals surface area contributed by atoms with Gasteiger partial charge < -0.3 is 14.0 Å². The molecule has 1 aromatic heterocycles. The number of para-hydroxylation sites is 4. The number of aromatic nitrogens is 1. The zero-order chi connectivity index (χ0) is 26.7. The summed E-state index contributed by atoms with van der Waals surface area (Å²) in [5.74, 6) is 3.32. The van der Waals surface area contributed by atoms with Gasteiger partial charge in [0.25, 0.3) is 0 Å². The monoisotopic (exact) mass is 524 g/mol. The molecule has 3 aliphatic heterocycles. The van der Waals surface area contributed by atoms with E-state index in [-0.39, 0.29) is 6.71 Å². The SMILES string of the molecule is c1ccc(B2c3cccc4c3N3c5c(cc(-n6c7ccccc7c7ccccc76)cc5Oc5cccc2c53)O4)cc1. The van der Waals surface area contributed by atoms with Crippen LogP contribution < -0.4 is 30.8 Å². The van der Waals surface area contributed by atoms with Crippen molar-refractivity contribution in [2.45, 2.75) is 0 Å². The molecular weight excluding hydrogens is 503 g/mol. The second-order valence-electron chi connectivity index (χ2n) is 10.9. The van der Waals surface area contributed by atoms with E-state index in [1.807, 2.05) is 0 Å². The average Bonchev–Trinajstić information content (AvgIpc) is 3.36. The lowest BCUT2D eigenvalue weighted by molar-refractivity contribution is 0.446. The molecule has 0 radical (unpaired) electrons. The number of hydrogen-bond donors (Lipinski definition) is 0. The third-order valence-electron chi connectivity index (χ3n) is 8.79. The highest BCUT2D eigenvalue weighted by atomic mass is 16.5. The Morgan fingerprint density at radius 2 is 1.00 bits per heavy atom. The summed E-state index contributed by atoms with van der Waals surface area (Å²) in [6, 6.07) is 45.1. The molecule has 6 aromatic carbocycles. The number of fused-ring (bicyclic) bond motifs is 3. The Morgan fingerprint density at radius 1 is 0.463 bits per heavy atom. The normalized spacial score (nSPS) is 13.7. The molecule has 4 heterocycles. The Morgan fingerprint density at radius 3 is 1.59 bits per heavy atom. The van der Waals surface area contributed by atoms with Crippen LogP contribution in [0.4, 0.5) is 17.1 Å². The molecule has 0 saturated carbocycles. The maximum absolute atomic E-state index is 6.76. The van der Waals surface area contributed by atoms with Crippen molar-refractivity contribution < 1.29 is 9.47 Å². The van der Waals surface area contributed by atoms with Crippen LogP contribution in [0.3, 0.4) is 0 Å². The van der Waals surface area contributed by atoms with Crippen LogP contribution in [0.1, 0.15) is 0 Å². The lowest BCUT2D eigenvalue weighted by Crippen LogP contribution is -2.57. The van der Waals surface area contributed by atoms with Crippen LogP contribution >= 0.6 is 0 Å². The molecule has 10 rings (SSSR count). The van der Waals surface area contributed by atoms with Crippen LogP contribution in [0.15, 0.2) is 127 Å². The Kier molecular flexibility index (Phi) is 3.98. The summed E-state index contributed by atoms with van der Waals surface area (Å²) in [7, 11) is 0. The molecule has 4 nitrogen and oxygen atoms in total. The van der Waals surface area contributed by atoms with E-state index in [2.05, 4.69) is 137 Å². The summed E-state index contributed by atoms with van der Waals surface area (Å²) >= 11 is 0. The van der Waals surface area contributed by atoms with Crippen molar-refractivity contribution in [3.63, 3.8) is 0 Å². The third kappa shape index (κ3) is 2.70. The molecule has 3 aliphatic rings. The summed E-state index contributed by atoms with van der Waals surface area (Å²) in [5, 5.41) is 2.45. The molecule has 0 aliphatic carbocycles. The number of nitrogens with zero attached hydrogens (tertiary/aromatic N) is 2. The highest BCUT2D eigenvalue weighted by Crippen LogP contribution is 2.60. The lowest BCUT2D eigenvalue weighted by Gasteiger charge is -2.44. The van der Waals surface area contributed by atoms with Crippen LogP contribution in [-0.4, -0.2) is 11.3 Å². The van der Waals surface area contributed by atoms with Gasteiger partial charge in [-0.3, -0.25) is 4.90 Å². The summed E-state index contributed by atoms with van der Waals surface area (Å²) in [4.78, 5) is 2.38. The van der Waals surface area contributed by atoms with E-state index in [1.165, 1.54) is 27.2 Å². The second-order valence-corrected chi connectivity index (χ2v) is 10.9. The minimum absolute atomic E-state index is 0.0875. The van der Waals surface area contributed by atoms with Gasteiger partial charge in [0.15, 0.2) is 23.0 Å². The first-order valence-electron chi connectivity index (χ1n) is 14.0. The maximum atomic E-state index is 6.76. The third-order valence-corrected chi connectivity index (χ3v) is 8.79. The van der Waals surface area contributed by atoms with E-state index >= 15 is 0 Å². The van der Waals surface area contributed by atoms with E-state index in [0.717, 1.165) is 56.8 Å². The number of rotatable bonds is 2. The van der Waals surface area contributed by atoms with Gasteiger partial charge in [-0.05, 0) is 35.2 Å². The first-order chi connectivity index (χ1) is 20.3.